The number of rotatable bonds is 6. The molecule has 0 bridgehead atoms. The van der Waals surface area contributed by atoms with Crippen LogP contribution in [0.3, 0.4) is 0 Å². The normalized spacial score (nSPS) is 12.7. The molecule has 0 aliphatic heterocycles. The number of nitrogens with one attached hydrogen (secondary N) is 1. The van der Waals surface area contributed by atoms with Gasteiger partial charge in [0, 0.05) is 18.8 Å². The average molecular weight is 386 g/mol. The van der Waals surface area contributed by atoms with Crippen LogP contribution in [0.2, 0.25) is 0 Å². The number of methoxy groups -OCH3 is 1. The van der Waals surface area contributed by atoms with Crippen LogP contribution in [0.5, 0.6) is 5.88 Å². The highest BCUT2D eigenvalue weighted by Gasteiger charge is 2.23. The van der Waals surface area contributed by atoms with Crippen LogP contribution in [0.1, 0.15) is 31.4 Å². The third kappa shape index (κ3) is 3.60. The molecule has 0 saturated carbocycles. The van der Waals surface area contributed by atoms with E-state index in [0.717, 1.165) is 11.7 Å². The number of nitrogens with zero attached hydrogens (tertiary/aromatic N) is 5. The fourth-order valence-electron chi connectivity index (χ4n) is 2.76. The lowest BCUT2D eigenvalue weighted by Gasteiger charge is -2.15. The molecule has 10 heteroatoms. The molecule has 1 atom stereocenters. The zero-order chi connectivity index (χ0) is 19.6. The summed E-state index contributed by atoms with van der Waals surface area (Å²) in [5.41, 5.74) is 1.61. The number of aromatic nitrogens is 4. The molecule has 0 saturated heterocycles. The van der Waals surface area contributed by atoms with Gasteiger partial charge in [-0.15, -0.1) is 0 Å². The molecule has 3 heterocycles. The second kappa shape index (κ2) is 7.30. The van der Waals surface area contributed by atoms with Crippen molar-refractivity contribution < 1.29 is 13.2 Å². The molecular formula is C17H18N6O3S. The van der Waals surface area contributed by atoms with Gasteiger partial charge in [-0.05, 0) is 26.0 Å². The number of ether oxygens (including phenoxy) is 1. The molecule has 0 amide bonds. The second-order valence-corrected chi connectivity index (χ2v) is 7.48. The van der Waals surface area contributed by atoms with E-state index in [-0.39, 0.29) is 10.6 Å². The van der Waals surface area contributed by atoms with Crippen LogP contribution >= 0.6 is 0 Å². The number of fused-ring (bicyclic) bond motifs is 1. The van der Waals surface area contributed by atoms with Gasteiger partial charge in [0.2, 0.25) is 15.9 Å². The van der Waals surface area contributed by atoms with Crippen LogP contribution < -0.4 is 9.46 Å². The standard InChI is InChI=1S/C17H18N6O3S/c1-4-23-15-7-16(26-3)20-10-14(15)21-17(23)11(2)22-27(24,25)13-6-5-12(8-18)19-9-13/h5-7,9-11,22H,4H2,1-3H3/t11-/m1/s1. The summed E-state index contributed by atoms with van der Waals surface area (Å²) in [6, 6.07) is 5.73. The van der Waals surface area contributed by atoms with Crippen molar-refractivity contribution in [3.8, 4) is 11.9 Å². The van der Waals surface area contributed by atoms with Crippen LogP contribution in [0.25, 0.3) is 11.0 Å². The third-order valence-corrected chi connectivity index (χ3v) is 5.57. The van der Waals surface area contributed by atoms with Gasteiger partial charge >= 0.3 is 0 Å². The first-order valence-electron chi connectivity index (χ1n) is 8.18. The molecule has 27 heavy (non-hydrogen) atoms. The van der Waals surface area contributed by atoms with E-state index in [4.69, 9.17) is 10.00 Å². The van der Waals surface area contributed by atoms with Gasteiger partial charge in [0.05, 0.1) is 24.9 Å². The summed E-state index contributed by atoms with van der Waals surface area (Å²) in [4.78, 5) is 12.5. The molecule has 0 spiro atoms. The van der Waals surface area contributed by atoms with Crippen LogP contribution in [0, 0.1) is 11.3 Å². The zero-order valence-corrected chi connectivity index (χ0v) is 15.9. The van der Waals surface area contributed by atoms with Gasteiger partial charge in [-0.2, -0.15) is 5.26 Å². The van der Waals surface area contributed by atoms with Crippen molar-refractivity contribution in [2.45, 2.75) is 31.3 Å². The summed E-state index contributed by atoms with van der Waals surface area (Å²) < 4.78 is 34.9. The second-order valence-electron chi connectivity index (χ2n) is 5.76. The van der Waals surface area contributed by atoms with E-state index in [2.05, 4.69) is 19.7 Å². The topological polar surface area (TPSA) is 123 Å². The molecule has 0 unspecified atom stereocenters. The zero-order valence-electron chi connectivity index (χ0n) is 15.0. The SMILES string of the molecule is CCn1c([C@@H](C)NS(=O)(=O)c2ccc(C#N)nc2)nc2cnc(OC)cc21. The lowest BCUT2D eigenvalue weighted by atomic mass is 10.3. The van der Waals surface area contributed by atoms with E-state index in [1.807, 2.05) is 17.6 Å². The summed E-state index contributed by atoms with van der Waals surface area (Å²) in [6.07, 6.45) is 2.75. The molecule has 140 valence electrons. The van der Waals surface area contributed by atoms with Crippen molar-refractivity contribution in [1.29, 1.82) is 5.26 Å². The number of pyridine rings is 2. The number of sulfonamides is 1. The number of imidazole rings is 1. The molecule has 9 nitrogen and oxygen atoms in total. The smallest absolute Gasteiger partial charge is 0.242 e. The summed E-state index contributed by atoms with van der Waals surface area (Å²) in [5.74, 6) is 1.02. The lowest BCUT2D eigenvalue weighted by molar-refractivity contribution is 0.398. The Kier molecular flexibility index (Phi) is 5.07. The van der Waals surface area contributed by atoms with Gasteiger partial charge in [0.15, 0.2) is 0 Å². The van der Waals surface area contributed by atoms with Crippen molar-refractivity contribution in [1.82, 2.24) is 24.2 Å². The molecule has 3 aromatic rings. The Morgan fingerprint density at radius 1 is 1.33 bits per heavy atom. The predicted octanol–water partition coefficient (Wildman–Crippen LogP) is 1.77. The predicted molar refractivity (Wildman–Crippen MR) is 97.4 cm³/mol. The first-order valence-corrected chi connectivity index (χ1v) is 9.66. The fraction of sp³-hybridized carbons (Fsp3) is 0.294. The quantitative estimate of drug-likeness (QED) is 0.685. The molecule has 0 fully saturated rings. The summed E-state index contributed by atoms with van der Waals surface area (Å²) >= 11 is 0. The Bertz CT molecular complexity index is 1120. The minimum absolute atomic E-state index is 0.0177. The van der Waals surface area contributed by atoms with Gasteiger partial charge in [-0.25, -0.2) is 28.1 Å². The lowest BCUT2D eigenvalue weighted by Crippen LogP contribution is -2.29. The first kappa shape index (κ1) is 18.8. The highest BCUT2D eigenvalue weighted by Crippen LogP contribution is 2.24. The molecule has 3 aromatic heterocycles. The molecule has 0 aliphatic rings. The van der Waals surface area contributed by atoms with E-state index >= 15 is 0 Å². The number of hydrogen-bond donors (Lipinski definition) is 1. The average Bonchev–Trinajstić information content (AvgIpc) is 3.05. The summed E-state index contributed by atoms with van der Waals surface area (Å²) in [6.45, 7) is 4.26. The Hall–Kier alpha value is -3.03. The van der Waals surface area contributed by atoms with E-state index in [0.29, 0.717) is 23.8 Å². The van der Waals surface area contributed by atoms with Crippen LogP contribution in [-0.2, 0) is 16.6 Å². The largest absolute Gasteiger partial charge is 0.481 e. The van der Waals surface area contributed by atoms with Crippen molar-refractivity contribution in [3.63, 3.8) is 0 Å². The van der Waals surface area contributed by atoms with E-state index in [9.17, 15) is 8.42 Å². The highest BCUT2D eigenvalue weighted by molar-refractivity contribution is 7.89. The number of aryl methyl sites for hydroxylation is 1. The minimum atomic E-state index is -3.82. The van der Waals surface area contributed by atoms with Gasteiger partial charge in [0.25, 0.3) is 0 Å². The minimum Gasteiger partial charge on any atom is -0.481 e. The molecule has 0 radical (unpaired) electrons. The molecule has 1 N–H and O–H groups in total. The van der Waals surface area contributed by atoms with Crippen molar-refractivity contribution in [3.05, 3.63) is 42.1 Å². The van der Waals surface area contributed by atoms with Crippen LogP contribution in [-0.4, -0.2) is 35.0 Å². The Morgan fingerprint density at radius 2 is 2.11 bits per heavy atom. The highest BCUT2D eigenvalue weighted by atomic mass is 32.2. The maximum atomic E-state index is 12.6. The Morgan fingerprint density at radius 3 is 2.70 bits per heavy atom. The van der Waals surface area contributed by atoms with E-state index in [1.165, 1.54) is 19.2 Å². The van der Waals surface area contributed by atoms with Gasteiger partial charge in [-0.3, -0.25) is 0 Å². The van der Waals surface area contributed by atoms with Crippen LogP contribution in [0.4, 0.5) is 0 Å². The van der Waals surface area contributed by atoms with Gasteiger partial charge in [-0.1, -0.05) is 0 Å². The van der Waals surface area contributed by atoms with Gasteiger partial charge < -0.3 is 9.30 Å². The Balaban J connectivity index is 1.95. The molecule has 0 aliphatic carbocycles. The van der Waals surface area contributed by atoms with E-state index < -0.39 is 16.1 Å². The molecular weight excluding hydrogens is 368 g/mol. The first-order chi connectivity index (χ1) is 12.9. The maximum absolute atomic E-state index is 12.6. The third-order valence-electron chi connectivity index (χ3n) is 4.04. The van der Waals surface area contributed by atoms with Crippen LogP contribution in [0.15, 0.2) is 35.5 Å². The van der Waals surface area contributed by atoms with Crippen molar-refractivity contribution in [2.24, 2.45) is 0 Å². The van der Waals surface area contributed by atoms with Crippen molar-refractivity contribution in [2.75, 3.05) is 7.11 Å². The molecule has 0 aromatic carbocycles. The number of nitriles is 1. The number of hydrogen-bond acceptors (Lipinski definition) is 7. The molecule has 3 rings (SSSR count). The van der Waals surface area contributed by atoms with Gasteiger partial charge in [0.1, 0.15) is 28.0 Å². The monoisotopic (exact) mass is 386 g/mol. The van der Waals surface area contributed by atoms with Crippen molar-refractivity contribution >= 4 is 21.1 Å². The van der Waals surface area contributed by atoms with E-state index in [1.54, 1.807) is 19.2 Å². The Labute approximate surface area is 156 Å². The maximum Gasteiger partial charge on any atom is 0.242 e. The summed E-state index contributed by atoms with van der Waals surface area (Å²) in [5, 5.41) is 8.79. The summed E-state index contributed by atoms with van der Waals surface area (Å²) in [7, 11) is -2.29. The fourth-order valence-corrected chi connectivity index (χ4v) is 3.91.